The van der Waals surface area contributed by atoms with Crippen molar-refractivity contribution in [2.24, 2.45) is 10.4 Å². The Hall–Kier alpha value is -1.65. The first kappa shape index (κ1) is 24.4. The number of piperazine rings is 1. The van der Waals surface area contributed by atoms with Crippen molar-refractivity contribution in [3.63, 3.8) is 0 Å². The van der Waals surface area contributed by atoms with Crippen LogP contribution in [0, 0.1) is 17.0 Å². The normalized spacial score (nSPS) is 15.1. The average Bonchev–Trinajstić information content (AvgIpc) is 2.66. The van der Waals surface area contributed by atoms with E-state index in [1.165, 1.54) is 6.07 Å². The van der Waals surface area contributed by atoms with E-state index in [0.29, 0.717) is 39.3 Å². The maximum absolute atomic E-state index is 14.0. The van der Waals surface area contributed by atoms with Gasteiger partial charge >= 0.3 is 0 Å². The molecule has 0 unspecified atom stereocenters. The Balaban J connectivity index is 0.00000392. The number of aliphatic imine (C=N–C) groups is 1. The number of carbonyl (C=O) groups is 1. The third-order valence-corrected chi connectivity index (χ3v) is 4.63. The first-order valence-electron chi connectivity index (χ1n) is 9.24. The van der Waals surface area contributed by atoms with Crippen LogP contribution in [0.1, 0.15) is 20.8 Å². The van der Waals surface area contributed by atoms with Crippen LogP contribution in [0.5, 0.6) is 0 Å². The van der Waals surface area contributed by atoms with E-state index < -0.39 is 17.0 Å². The van der Waals surface area contributed by atoms with Gasteiger partial charge in [0, 0.05) is 45.8 Å². The fourth-order valence-electron chi connectivity index (χ4n) is 3.00. The first-order valence-corrected chi connectivity index (χ1v) is 9.24. The number of nitrogens with zero attached hydrogens (tertiary/aromatic N) is 3. The predicted molar refractivity (Wildman–Crippen MR) is 119 cm³/mol. The molecule has 1 saturated heterocycles. The number of nitrogens with one attached hydrogen (secondary N) is 2. The number of amides is 1. The summed E-state index contributed by atoms with van der Waals surface area (Å²) in [5, 5.41) is 5.91. The summed E-state index contributed by atoms with van der Waals surface area (Å²) in [6, 6.07) is 3.51. The molecule has 0 bridgehead atoms. The molecule has 1 aromatic rings. The van der Waals surface area contributed by atoms with E-state index in [2.05, 4.69) is 20.5 Å². The summed E-state index contributed by atoms with van der Waals surface area (Å²) in [4.78, 5) is 20.5. The summed E-state index contributed by atoms with van der Waals surface area (Å²) in [5.41, 5.74) is -0.320. The van der Waals surface area contributed by atoms with Crippen molar-refractivity contribution < 1.29 is 13.6 Å². The molecule has 2 N–H and O–H groups in total. The zero-order valence-electron chi connectivity index (χ0n) is 16.9. The Labute approximate surface area is 182 Å². The molecular weight excluding hydrogens is 479 g/mol. The number of hydrogen-bond acceptors (Lipinski definition) is 3. The molecular formula is C19H30F2IN5O. The minimum absolute atomic E-state index is 0. The Morgan fingerprint density at radius 3 is 2.43 bits per heavy atom. The summed E-state index contributed by atoms with van der Waals surface area (Å²) >= 11 is 0. The highest BCUT2D eigenvalue weighted by atomic mass is 127. The molecule has 9 heteroatoms. The molecule has 1 amide bonds. The molecule has 6 nitrogen and oxygen atoms in total. The second-order valence-electron chi connectivity index (χ2n) is 7.20. The summed E-state index contributed by atoms with van der Waals surface area (Å²) in [5.74, 6) is -0.194. The Morgan fingerprint density at radius 2 is 1.86 bits per heavy atom. The van der Waals surface area contributed by atoms with E-state index in [1.807, 2.05) is 25.7 Å². The lowest BCUT2D eigenvalue weighted by atomic mass is 9.93. The highest BCUT2D eigenvalue weighted by Crippen LogP contribution is 2.22. The third kappa shape index (κ3) is 6.18. The number of carbonyl (C=O) groups excluding carboxylic acids is 1. The molecule has 1 aliphatic heterocycles. The van der Waals surface area contributed by atoms with Gasteiger partial charge in [0.25, 0.3) is 0 Å². The van der Waals surface area contributed by atoms with Crippen molar-refractivity contribution in [3.05, 3.63) is 29.8 Å². The van der Waals surface area contributed by atoms with Crippen LogP contribution in [0.2, 0.25) is 0 Å². The minimum atomic E-state index is -0.609. The molecule has 1 fully saturated rings. The topological polar surface area (TPSA) is 60.0 Å². The van der Waals surface area contributed by atoms with E-state index in [0.717, 1.165) is 18.1 Å². The van der Waals surface area contributed by atoms with Gasteiger partial charge in [-0.1, -0.05) is 0 Å². The molecule has 0 aliphatic carbocycles. The van der Waals surface area contributed by atoms with Crippen molar-refractivity contribution >= 4 is 41.5 Å². The lowest BCUT2D eigenvalue weighted by Gasteiger charge is -2.38. The van der Waals surface area contributed by atoms with E-state index >= 15 is 0 Å². The van der Waals surface area contributed by atoms with Gasteiger partial charge in [0.2, 0.25) is 5.91 Å². The van der Waals surface area contributed by atoms with Crippen LogP contribution in [0.3, 0.4) is 0 Å². The maximum Gasteiger partial charge on any atom is 0.227 e. The monoisotopic (exact) mass is 509 g/mol. The van der Waals surface area contributed by atoms with Crippen molar-refractivity contribution in [1.82, 2.24) is 15.5 Å². The molecule has 0 spiro atoms. The van der Waals surface area contributed by atoms with Gasteiger partial charge < -0.3 is 20.4 Å². The Bertz CT molecular complexity index is 691. The van der Waals surface area contributed by atoms with Gasteiger partial charge in [-0.05, 0) is 32.9 Å². The highest BCUT2D eigenvalue weighted by molar-refractivity contribution is 14.0. The molecule has 1 aliphatic rings. The number of rotatable bonds is 5. The number of anilines is 1. The van der Waals surface area contributed by atoms with Gasteiger partial charge in [0.15, 0.2) is 5.96 Å². The number of guanidine groups is 1. The van der Waals surface area contributed by atoms with Crippen LogP contribution < -0.4 is 15.5 Å². The van der Waals surface area contributed by atoms with Crippen molar-refractivity contribution in [2.75, 3.05) is 51.2 Å². The largest absolute Gasteiger partial charge is 0.366 e. The maximum atomic E-state index is 14.0. The Kier molecular flexibility index (Phi) is 9.38. The fourth-order valence-corrected chi connectivity index (χ4v) is 3.00. The summed E-state index contributed by atoms with van der Waals surface area (Å²) in [7, 11) is 1.61. The average molecular weight is 509 g/mol. The minimum Gasteiger partial charge on any atom is -0.366 e. The lowest BCUT2D eigenvalue weighted by Crippen LogP contribution is -2.53. The van der Waals surface area contributed by atoms with Crippen LogP contribution >= 0.6 is 24.0 Å². The Morgan fingerprint density at radius 1 is 1.21 bits per heavy atom. The molecule has 1 heterocycles. The summed E-state index contributed by atoms with van der Waals surface area (Å²) in [6.45, 7) is 9.12. The van der Waals surface area contributed by atoms with Gasteiger partial charge in [-0.2, -0.15) is 0 Å². The van der Waals surface area contributed by atoms with Crippen LogP contribution in [-0.2, 0) is 4.79 Å². The highest BCUT2D eigenvalue weighted by Gasteiger charge is 2.27. The van der Waals surface area contributed by atoms with Gasteiger partial charge in [-0.15, -0.1) is 24.0 Å². The van der Waals surface area contributed by atoms with Crippen molar-refractivity contribution in [2.45, 2.75) is 20.8 Å². The van der Waals surface area contributed by atoms with Gasteiger partial charge in [-0.25, -0.2) is 8.78 Å². The summed E-state index contributed by atoms with van der Waals surface area (Å²) in [6.07, 6.45) is 0. The summed E-state index contributed by atoms with van der Waals surface area (Å²) < 4.78 is 27.4. The number of halogens is 3. The molecule has 1 aromatic carbocycles. The van der Waals surface area contributed by atoms with Crippen LogP contribution in [0.15, 0.2) is 23.2 Å². The molecule has 2 rings (SSSR count). The van der Waals surface area contributed by atoms with Gasteiger partial charge in [0.05, 0.1) is 17.6 Å². The van der Waals surface area contributed by atoms with Crippen molar-refractivity contribution in [3.8, 4) is 0 Å². The van der Waals surface area contributed by atoms with Gasteiger partial charge in [0.1, 0.15) is 11.6 Å². The van der Waals surface area contributed by atoms with Gasteiger partial charge in [-0.3, -0.25) is 9.79 Å². The molecule has 0 radical (unpaired) electrons. The molecule has 0 saturated carbocycles. The zero-order chi connectivity index (χ0) is 20.0. The first-order chi connectivity index (χ1) is 12.8. The van der Waals surface area contributed by atoms with Crippen molar-refractivity contribution in [1.29, 1.82) is 0 Å². The molecule has 0 aromatic heterocycles. The van der Waals surface area contributed by atoms with E-state index in [-0.39, 0.29) is 35.6 Å². The van der Waals surface area contributed by atoms with E-state index in [9.17, 15) is 13.6 Å². The van der Waals surface area contributed by atoms with Crippen LogP contribution in [0.4, 0.5) is 14.5 Å². The quantitative estimate of drug-likeness (QED) is 0.364. The van der Waals surface area contributed by atoms with Crippen LogP contribution in [-0.4, -0.2) is 63.1 Å². The standard InChI is InChI=1S/C19H29F2N5O.HI/c1-5-23-18(24-13-19(2,3)17(27)22-4)26-10-8-25(9-11-26)16-12-14(20)6-7-15(16)21;/h6-7,12H,5,8-11,13H2,1-4H3,(H,22,27)(H,23,24);1H. The fraction of sp³-hybridized carbons (Fsp3) is 0.579. The van der Waals surface area contributed by atoms with E-state index in [1.54, 1.807) is 7.05 Å². The SMILES string of the molecule is CCNC(=NCC(C)(C)C(=O)NC)N1CCN(c2cc(F)ccc2F)CC1.I. The number of benzene rings is 1. The number of hydrogen-bond donors (Lipinski definition) is 2. The second kappa shape index (κ2) is 10.8. The third-order valence-electron chi connectivity index (χ3n) is 4.63. The second-order valence-corrected chi connectivity index (χ2v) is 7.20. The molecule has 28 heavy (non-hydrogen) atoms. The lowest BCUT2D eigenvalue weighted by molar-refractivity contribution is -0.128. The molecule has 158 valence electrons. The zero-order valence-corrected chi connectivity index (χ0v) is 19.2. The molecule has 0 atom stereocenters. The van der Waals surface area contributed by atoms with E-state index in [4.69, 9.17) is 0 Å². The predicted octanol–water partition coefficient (Wildman–Crippen LogP) is 2.44. The van der Waals surface area contributed by atoms with Crippen LogP contribution in [0.25, 0.3) is 0 Å². The smallest absolute Gasteiger partial charge is 0.227 e.